The predicted molar refractivity (Wildman–Crippen MR) is 71.8 cm³/mol. The van der Waals surface area contributed by atoms with Crippen LogP contribution in [0.15, 0.2) is 0 Å². The van der Waals surface area contributed by atoms with Gasteiger partial charge in [0.15, 0.2) is 0 Å². The molecule has 1 saturated carbocycles. The highest BCUT2D eigenvalue weighted by Gasteiger charge is 2.39. The molecule has 4 nitrogen and oxygen atoms in total. The van der Waals surface area contributed by atoms with Crippen molar-refractivity contribution in [2.45, 2.75) is 45.1 Å². The highest BCUT2D eigenvalue weighted by molar-refractivity contribution is 7.80. The van der Waals surface area contributed by atoms with Crippen LogP contribution in [-0.2, 0) is 9.53 Å². The Labute approximate surface area is 108 Å². The highest BCUT2D eigenvalue weighted by Crippen LogP contribution is 2.37. The van der Waals surface area contributed by atoms with Gasteiger partial charge in [0.25, 0.3) is 0 Å². The summed E-state index contributed by atoms with van der Waals surface area (Å²) >= 11 is 4.95. The van der Waals surface area contributed by atoms with Crippen LogP contribution < -0.4 is 11.1 Å². The van der Waals surface area contributed by atoms with Gasteiger partial charge < -0.3 is 15.8 Å². The largest absolute Gasteiger partial charge is 0.393 e. The zero-order valence-corrected chi connectivity index (χ0v) is 11.7. The minimum atomic E-state index is -0.342. The number of thiocarbonyl (C=S) groups is 1. The Morgan fingerprint density at radius 3 is 2.47 bits per heavy atom. The molecule has 0 atom stereocenters. The van der Waals surface area contributed by atoms with Crippen molar-refractivity contribution in [2.75, 3.05) is 13.7 Å². The number of methoxy groups -OCH3 is 1. The second-order valence-electron chi connectivity index (χ2n) is 5.44. The first kappa shape index (κ1) is 14.4. The van der Waals surface area contributed by atoms with E-state index in [1.54, 1.807) is 7.11 Å². The molecule has 0 bridgehead atoms. The van der Waals surface area contributed by atoms with Gasteiger partial charge in [-0.25, -0.2) is 0 Å². The summed E-state index contributed by atoms with van der Waals surface area (Å²) < 4.78 is 5.41. The van der Waals surface area contributed by atoms with Crippen molar-refractivity contribution in [1.82, 2.24) is 5.32 Å². The Bertz CT molecular complexity index is 306. The van der Waals surface area contributed by atoms with E-state index in [4.69, 9.17) is 22.7 Å². The Balaban J connectivity index is 2.38. The quantitative estimate of drug-likeness (QED) is 0.706. The molecule has 3 N–H and O–H groups in total. The van der Waals surface area contributed by atoms with Crippen molar-refractivity contribution >= 4 is 23.1 Å². The molecular formula is C12H22N2O2S. The third-order valence-corrected chi connectivity index (χ3v) is 4.13. The summed E-state index contributed by atoms with van der Waals surface area (Å²) in [7, 11) is 1.67. The third kappa shape index (κ3) is 3.64. The molecule has 1 amide bonds. The number of amides is 1. The molecule has 0 heterocycles. The average molecular weight is 258 g/mol. The van der Waals surface area contributed by atoms with Crippen LogP contribution in [0.5, 0.6) is 0 Å². The Kier molecular flexibility index (Phi) is 4.49. The molecule has 5 heteroatoms. The lowest BCUT2D eigenvalue weighted by molar-refractivity contribution is -0.134. The summed E-state index contributed by atoms with van der Waals surface area (Å²) in [5, 5.41) is 2.88. The van der Waals surface area contributed by atoms with E-state index in [2.05, 4.69) is 5.32 Å². The van der Waals surface area contributed by atoms with Crippen LogP contribution in [0.25, 0.3) is 0 Å². The van der Waals surface area contributed by atoms with Gasteiger partial charge in [0, 0.05) is 19.1 Å². The van der Waals surface area contributed by atoms with Crippen LogP contribution in [0.3, 0.4) is 0 Å². The SMILES string of the molecule is COC1(CC(=O)NCC(C)(C)C(N)=S)CCC1. The van der Waals surface area contributed by atoms with Gasteiger partial charge in [0.05, 0.1) is 17.0 Å². The number of nitrogens with two attached hydrogens (primary N) is 1. The van der Waals surface area contributed by atoms with Crippen molar-refractivity contribution in [3.63, 3.8) is 0 Å². The zero-order valence-electron chi connectivity index (χ0n) is 10.8. The molecule has 1 fully saturated rings. The van der Waals surface area contributed by atoms with Crippen molar-refractivity contribution in [3.05, 3.63) is 0 Å². The highest BCUT2D eigenvalue weighted by atomic mass is 32.1. The normalized spacial score (nSPS) is 18.3. The molecule has 0 radical (unpaired) electrons. The standard InChI is InChI=1S/C12H22N2O2S/c1-11(2,10(13)17)8-14-9(15)7-12(16-3)5-4-6-12/h4-8H2,1-3H3,(H2,13,17)(H,14,15). The summed E-state index contributed by atoms with van der Waals surface area (Å²) in [6.45, 7) is 4.32. The monoisotopic (exact) mass is 258 g/mol. The van der Waals surface area contributed by atoms with Gasteiger partial charge in [-0.1, -0.05) is 26.1 Å². The molecule has 1 aliphatic rings. The zero-order chi connectivity index (χ0) is 13.1. The molecule has 0 saturated heterocycles. The van der Waals surface area contributed by atoms with Crippen LogP contribution in [0.2, 0.25) is 0 Å². The van der Waals surface area contributed by atoms with E-state index in [-0.39, 0.29) is 16.9 Å². The van der Waals surface area contributed by atoms with Crippen LogP contribution in [0, 0.1) is 5.41 Å². The smallest absolute Gasteiger partial charge is 0.222 e. The van der Waals surface area contributed by atoms with Gasteiger partial charge in [-0.3, -0.25) is 4.79 Å². The maximum atomic E-state index is 11.8. The molecular weight excluding hydrogens is 236 g/mol. The maximum Gasteiger partial charge on any atom is 0.222 e. The number of carbonyl (C=O) groups excluding carboxylic acids is 1. The van der Waals surface area contributed by atoms with E-state index in [0.717, 1.165) is 19.3 Å². The average Bonchev–Trinajstić information content (AvgIpc) is 2.20. The molecule has 0 aromatic carbocycles. The Morgan fingerprint density at radius 1 is 1.53 bits per heavy atom. The van der Waals surface area contributed by atoms with Crippen molar-refractivity contribution in [2.24, 2.45) is 11.1 Å². The third-order valence-electron chi connectivity index (χ3n) is 3.58. The van der Waals surface area contributed by atoms with E-state index in [0.29, 0.717) is 18.0 Å². The van der Waals surface area contributed by atoms with Crippen molar-refractivity contribution in [1.29, 1.82) is 0 Å². The fourth-order valence-electron chi connectivity index (χ4n) is 1.79. The molecule has 0 aliphatic heterocycles. The lowest BCUT2D eigenvalue weighted by Crippen LogP contribution is -2.47. The molecule has 17 heavy (non-hydrogen) atoms. The minimum Gasteiger partial charge on any atom is -0.393 e. The second kappa shape index (κ2) is 5.31. The van der Waals surface area contributed by atoms with Crippen LogP contribution in [-0.4, -0.2) is 30.2 Å². The minimum absolute atomic E-state index is 0.0101. The number of rotatable bonds is 6. The molecule has 0 unspecified atom stereocenters. The topological polar surface area (TPSA) is 64.3 Å². The van der Waals surface area contributed by atoms with E-state index in [1.807, 2.05) is 13.8 Å². The Morgan fingerprint density at radius 2 is 2.12 bits per heavy atom. The number of hydrogen-bond donors (Lipinski definition) is 2. The fourth-order valence-corrected chi connectivity index (χ4v) is 1.86. The van der Waals surface area contributed by atoms with Gasteiger partial charge in [-0.2, -0.15) is 0 Å². The lowest BCUT2D eigenvalue weighted by atomic mass is 9.77. The van der Waals surface area contributed by atoms with Crippen LogP contribution in [0.1, 0.15) is 39.5 Å². The summed E-state index contributed by atoms with van der Waals surface area (Å²) in [5.74, 6) is 0.0101. The fraction of sp³-hybridized carbons (Fsp3) is 0.833. The lowest BCUT2D eigenvalue weighted by Gasteiger charge is -2.40. The summed E-state index contributed by atoms with van der Waals surface area (Å²) in [5.41, 5.74) is 5.04. The van der Waals surface area contributed by atoms with E-state index in [9.17, 15) is 4.79 Å². The summed E-state index contributed by atoms with van der Waals surface area (Å²) in [6, 6.07) is 0. The van der Waals surface area contributed by atoms with E-state index in [1.165, 1.54) is 0 Å². The predicted octanol–water partition coefficient (Wildman–Crippen LogP) is 1.37. The number of carbonyl (C=O) groups is 1. The van der Waals surface area contributed by atoms with Gasteiger partial charge in [-0.05, 0) is 19.3 Å². The number of nitrogens with one attached hydrogen (secondary N) is 1. The van der Waals surface area contributed by atoms with Crippen LogP contribution in [0.4, 0.5) is 0 Å². The van der Waals surface area contributed by atoms with Crippen molar-refractivity contribution in [3.8, 4) is 0 Å². The molecule has 98 valence electrons. The first-order valence-electron chi connectivity index (χ1n) is 5.93. The number of ether oxygens (including phenoxy) is 1. The van der Waals surface area contributed by atoms with Gasteiger partial charge >= 0.3 is 0 Å². The van der Waals surface area contributed by atoms with Crippen molar-refractivity contribution < 1.29 is 9.53 Å². The number of hydrogen-bond acceptors (Lipinski definition) is 3. The van der Waals surface area contributed by atoms with Crippen LogP contribution >= 0.6 is 12.2 Å². The molecule has 0 aromatic rings. The van der Waals surface area contributed by atoms with Gasteiger partial charge in [0.1, 0.15) is 0 Å². The van der Waals surface area contributed by atoms with E-state index < -0.39 is 0 Å². The van der Waals surface area contributed by atoms with Gasteiger partial charge in [0.2, 0.25) is 5.91 Å². The summed E-state index contributed by atoms with van der Waals surface area (Å²) in [4.78, 5) is 12.2. The van der Waals surface area contributed by atoms with E-state index >= 15 is 0 Å². The van der Waals surface area contributed by atoms with Gasteiger partial charge in [-0.15, -0.1) is 0 Å². The molecule has 1 aliphatic carbocycles. The second-order valence-corrected chi connectivity index (χ2v) is 5.88. The molecule has 0 spiro atoms. The Hall–Kier alpha value is -0.680. The summed E-state index contributed by atoms with van der Waals surface area (Å²) in [6.07, 6.45) is 3.50. The maximum absolute atomic E-state index is 11.8. The molecule has 0 aromatic heterocycles. The molecule has 1 rings (SSSR count). The first-order chi connectivity index (χ1) is 7.81. The first-order valence-corrected chi connectivity index (χ1v) is 6.34.